The number of aromatic nitrogens is 4. The summed E-state index contributed by atoms with van der Waals surface area (Å²) >= 11 is 0. The zero-order valence-electron chi connectivity index (χ0n) is 21.8. The number of nitrogens with one attached hydrogen (secondary N) is 1. The Hall–Kier alpha value is -3.37. The molecule has 10 nitrogen and oxygen atoms in total. The molecule has 0 aromatic carbocycles. The Morgan fingerprint density at radius 2 is 1.79 bits per heavy atom. The van der Waals surface area contributed by atoms with Crippen molar-refractivity contribution in [2.45, 2.75) is 81.1 Å². The second kappa shape index (κ2) is 8.57. The molecule has 3 aliphatic heterocycles. The number of carbonyl (C=O) groups excluding carboxylic acids is 2. The van der Waals surface area contributed by atoms with Crippen LogP contribution in [0.5, 0.6) is 0 Å². The first-order chi connectivity index (χ1) is 18.3. The van der Waals surface area contributed by atoms with Crippen LogP contribution < -0.4 is 5.32 Å². The Kier molecular flexibility index (Phi) is 5.35. The first kappa shape index (κ1) is 23.7. The number of piperidine rings is 2. The summed E-state index contributed by atoms with van der Waals surface area (Å²) in [4.78, 5) is 44.0. The molecule has 3 saturated heterocycles. The molecule has 3 aromatic rings. The van der Waals surface area contributed by atoms with E-state index in [9.17, 15) is 14.7 Å². The number of anilines is 2. The number of amides is 1. The molecule has 198 valence electrons. The van der Waals surface area contributed by atoms with Gasteiger partial charge in [0.1, 0.15) is 17.2 Å². The van der Waals surface area contributed by atoms with Gasteiger partial charge in [0.05, 0.1) is 11.6 Å². The van der Waals surface area contributed by atoms with Crippen LogP contribution in [0.2, 0.25) is 0 Å². The average molecular weight is 516 g/mol. The maximum absolute atomic E-state index is 13.4. The number of hydrogen-bond donors (Lipinski definition) is 2. The third kappa shape index (κ3) is 3.50. The highest BCUT2D eigenvalue weighted by Gasteiger charge is 2.68. The van der Waals surface area contributed by atoms with Crippen LogP contribution in [-0.4, -0.2) is 83.9 Å². The van der Waals surface area contributed by atoms with Gasteiger partial charge in [0.2, 0.25) is 5.95 Å². The largest absolute Gasteiger partial charge is 0.393 e. The molecule has 38 heavy (non-hydrogen) atoms. The van der Waals surface area contributed by atoms with E-state index in [0.29, 0.717) is 35.1 Å². The van der Waals surface area contributed by atoms with Crippen molar-refractivity contribution in [2.24, 2.45) is 0 Å². The summed E-state index contributed by atoms with van der Waals surface area (Å²) in [5.41, 5.74) is 1.60. The van der Waals surface area contributed by atoms with Crippen LogP contribution in [0, 0.1) is 0 Å². The standard InChI is InChI=1S/C28H33N7O3/c1-33(2)26(38)22-9-17-15-30-27(32-25(17)34(22)18-5-3-4-6-18)31-23-8-7-16(14-29-23)24(37)28-12-19-10-21(36)11-20(13-28)35(19)28/h7-9,14-15,18-21,36H,3-6,10-13H2,1-2H3,(H,29,30,31,32)/t19-,20?,21?,28?/m1/s1. The number of aliphatic hydroxyl groups excluding tert-OH is 1. The van der Waals surface area contributed by atoms with Crippen molar-refractivity contribution in [3.63, 3.8) is 0 Å². The number of ketones is 1. The van der Waals surface area contributed by atoms with Gasteiger partial charge >= 0.3 is 0 Å². The lowest BCUT2D eigenvalue weighted by Gasteiger charge is -2.72. The monoisotopic (exact) mass is 515 g/mol. The van der Waals surface area contributed by atoms with Gasteiger partial charge in [0.25, 0.3) is 5.91 Å². The van der Waals surface area contributed by atoms with E-state index in [1.807, 2.05) is 12.1 Å². The summed E-state index contributed by atoms with van der Waals surface area (Å²) in [6, 6.07) is 6.41. The number of rotatable bonds is 6. The molecule has 1 saturated carbocycles. The van der Waals surface area contributed by atoms with Gasteiger partial charge in [-0.25, -0.2) is 9.97 Å². The van der Waals surface area contributed by atoms with E-state index in [1.54, 1.807) is 37.5 Å². The van der Waals surface area contributed by atoms with Crippen LogP contribution in [-0.2, 0) is 0 Å². The van der Waals surface area contributed by atoms with Crippen LogP contribution in [0.3, 0.4) is 0 Å². The quantitative estimate of drug-likeness (QED) is 0.481. The molecule has 1 aliphatic carbocycles. The minimum atomic E-state index is -0.395. The molecule has 4 atom stereocenters. The molecule has 4 fully saturated rings. The predicted molar refractivity (Wildman–Crippen MR) is 142 cm³/mol. The molecule has 4 aliphatic rings. The van der Waals surface area contributed by atoms with E-state index < -0.39 is 5.54 Å². The molecule has 10 heteroatoms. The number of fused-ring (bicyclic) bond motifs is 1. The van der Waals surface area contributed by atoms with Gasteiger partial charge in [-0.2, -0.15) is 4.98 Å². The molecular weight excluding hydrogens is 482 g/mol. The van der Waals surface area contributed by atoms with Crippen molar-refractivity contribution in [1.82, 2.24) is 29.3 Å². The third-order valence-corrected chi connectivity index (χ3v) is 9.10. The molecule has 6 heterocycles. The van der Waals surface area contributed by atoms with Gasteiger partial charge in [0.15, 0.2) is 5.78 Å². The lowest BCUT2D eigenvalue weighted by Crippen LogP contribution is -2.83. The third-order valence-electron chi connectivity index (χ3n) is 9.10. The second-order valence-electron chi connectivity index (χ2n) is 11.7. The minimum absolute atomic E-state index is 0.0397. The molecule has 3 unspecified atom stereocenters. The lowest BCUT2D eigenvalue weighted by molar-refractivity contribution is -0.209. The Balaban J connectivity index is 1.12. The van der Waals surface area contributed by atoms with Gasteiger partial charge in [0, 0.05) is 55.6 Å². The van der Waals surface area contributed by atoms with Crippen molar-refractivity contribution in [2.75, 3.05) is 19.4 Å². The highest BCUT2D eigenvalue weighted by atomic mass is 16.3. The number of Topliss-reactive ketones (excluding diaryl/α,β-unsaturated/α-hetero) is 1. The van der Waals surface area contributed by atoms with Gasteiger partial charge in [-0.3, -0.25) is 14.5 Å². The summed E-state index contributed by atoms with van der Waals surface area (Å²) in [5, 5.41) is 14.0. The molecule has 7 rings (SSSR count). The van der Waals surface area contributed by atoms with E-state index in [4.69, 9.17) is 4.98 Å². The van der Waals surface area contributed by atoms with E-state index in [1.165, 1.54) is 0 Å². The maximum atomic E-state index is 13.4. The van der Waals surface area contributed by atoms with Crippen molar-refractivity contribution < 1.29 is 14.7 Å². The molecule has 3 aromatic heterocycles. The van der Waals surface area contributed by atoms with Crippen molar-refractivity contribution >= 4 is 34.5 Å². The number of nitrogens with zero attached hydrogens (tertiary/aromatic N) is 6. The van der Waals surface area contributed by atoms with Crippen molar-refractivity contribution in [1.29, 1.82) is 0 Å². The Morgan fingerprint density at radius 1 is 1.05 bits per heavy atom. The number of hydrogen-bond acceptors (Lipinski definition) is 8. The molecular formula is C28H33N7O3. The normalized spacial score (nSPS) is 28.4. The number of aliphatic hydroxyl groups is 1. The van der Waals surface area contributed by atoms with Gasteiger partial charge < -0.3 is 19.9 Å². The second-order valence-corrected chi connectivity index (χ2v) is 11.7. The van der Waals surface area contributed by atoms with Crippen LogP contribution in [0.4, 0.5) is 11.8 Å². The molecule has 1 amide bonds. The minimum Gasteiger partial charge on any atom is -0.393 e. The fourth-order valence-corrected chi connectivity index (χ4v) is 7.44. The highest BCUT2D eigenvalue weighted by molar-refractivity contribution is 6.05. The summed E-state index contributed by atoms with van der Waals surface area (Å²) in [6.07, 6.45) is 10.7. The van der Waals surface area contributed by atoms with Gasteiger partial charge in [-0.05, 0) is 56.7 Å². The summed E-state index contributed by atoms with van der Waals surface area (Å²) < 4.78 is 2.09. The Bertz CT molecular complexity index is 1410. The smallest absolute Gasteiger partial charge is 0.270 e. The van der Waals surface area contributed by atoms with Crippen molar-refractivity contribution in [3.05, 3.63) is 41.9 Å². The van der Waals surface area contributed by atoms with E-state index in [2.05, 4.69) is 24.8 Å². The molecule has 0 radical (unpaired) electrons. The Morgan fingerprint density at radius 3 is 2.45 bits per heavy atom. The van der Waals surface area contributed by atoms with Crippen LogP contribution >= 0.6 is 0 Å². The molecule has 2 N–H and O–H groups in total. The van der Waals surface area contributed by atoms with E-state index in [-0.39, 0.29) is 23.8 Å². The number of carbonyl (C=O) groups is 2. The average Bonchev–Trinajstić information content (AvgIpc) is 3.53. The summed E-state index contributed by atoms with van der Waals surface area (Å²) in [5.74, 6) is 1.05. The van der Waals surface area contributed by atoms with Crippen LogP contribution in [0.25, 0.3) is 11.0 Å². The zero-order valence-corrected chi connectivity index (χ0v) is 21.8. The SMILES string of the molecule is CN(C)C(=O)c1cc2cnc(Nc3ccc(C(=O)C45CC6CC(O)C[C@H](C4)N65)cn3)nc2n1C1CCCC1. The summed E-state index contributed by atoms with van der Waals surface area (Å²) in [6.45, 7) is 0. The molecule has 0 spiro atoms. The van der Waals surface area contributed by atoms with Crippen LogP contribution in [0.15, 0.2) is 30.6 Å². The summed E-state index contributed by atoms with van der Waals surface area (Å²) in [7, 11) is 3.53. The zero-order chi connectivity index (χ0) is 26.2. The van der Waals surface area contributed by atoms with Crippen molar-refractivity contribution in [3.8, 4) is 0 Å². The van der Waals surface area contributed by atoms with Crippen LogP contribution in [0.1, 0.15) is 78.3 Å². The first-order valence-electron chi connectivity index (χ1n) is 13.7. The van der Waals surface area contributed by atoms with E-state index in [0.717, 1.165) is 62.4 Å². The Labute approximate surface area is 221 Å². The fraction of sp³-hybridized carbons (Fsp3) is 0.536. The topological polar surface area (TPSA) is 116 Å². The maximum Gasteiger partial charge on any atom is 0.270 e. The molecule has 0 bridgehead atoms. The number of pyridine rings is 1. The van der Waals surface area contributed by atoms with Gasteiger partial charge in [-0.15, -0.1) is 0 Å². The first-order valence-corrected chi connectivity index (χ1v) is 13.7. The lowest BCUT2D eigenvalue weighted by atomic mass is 9.57. The van der Waals surface area contributed by atoms with E-state index >= 15 is 0 Å². The predicted octanol–water partition coefficient (Wildman–Crippen LogP) is 3.31. The highest BCUT2D eigenvalue weighted by Crippen LogP contribution is 2.57. The fourth-order valence-electron chi connectivity index (χ4n) is 7.44. The van der Waals surface area contributed by atoms with Gasteiger partial charge in [-0.1, -0.05) is 12.8 Å².